The molecule has 0 radical (unpaired) electrons. The summed E-state index contributed by atoms with van der Waals surface area (Å²) >= 11 is 11.4. The van der Waals surface area contributed by atoms with Crippen molar-refractivity contribution in [1.29, 1.82) is 0 Å². The molecule has 106 valence electrons. The monoisotopic (exact) mass is 377 g/mol. The van der Waals surface area contributed by atoms with Gasteiger partial charge in [-0.2, -0.15) is 0 Å². The lowest BCUT2D eigenvalue weighted by atomic mass is 10.2. The Morgan fingerprint density at radius 3 is 2.62 bits per heavy atom. The maximum atomic E-state index is 6.02. The minimum Gasteiger partial charge on any atom is -0.379 e. The molecule has 2 aromatic carbocycles. The summed E-state index contributed by atoms with van der Waals surface area (Å²) in [5.74, 6) is 0. The van der Waals surface area contributed by atoms with E-state index >= 15 is 0 Å². The minimum absolute atomic E-state index is 0.733. The molecule has 21 heavy (non-hydrogen) atoms. The standard InChI is InChI=1S/C17H13BrClNS/c18-15-8-6-13(19)10-16(15)20-11-14-7-9-17(21-14)12-4-2-1-3-5-12/h1-10,20H,11H2. The molecular weight excluding hydrogens is 366 g/mol. The highest BCUT2D eigenvalue weighted by atomic mass is 79.9. The van der Waals surface area contributed by atoms with Crippen molar-refractivity contribution in [3.63, 3.8) is 0 Å². The molecule has 1 aromatic heterocycles. The van der Waals surface area contributed by atoms with Gasteiger partial charge in [-0.05, 0) is 51.8 Å². The lowest BCUT2D eigenvalue weighted by Gasteiger charge is -2.07. The number of hydrogen-bond acceptors (Lipinski definition) is 2. The third-order valence-corrected chi connectivity index (χ3v) is 5.16. The third-order valence-electron chi connectivity index (χ3n) is 3.10. The van der Waals surface area contributed by atoms with Crippen LogP contribution in [0, 0.1) is 0 Å². The quantitative estimate of drug-likeness (QED) is 0.550. The molecule has 0 amide bonds. The van der Waals surface area contributed by atoms with Gasteiger partial charge in [-0.25, -0.2) is 0 Å². The number of nitrogens with one attached hydrogen (secondary N) is 1. The molecule has 4 heteroatoms. The van der Waals surface area contributed by atoms with Crippen molar-refractivity contribution in [1.82, 2.24) is 0 Å². The van der Waals surface area contributed by atoms with E-state index in [9.17, 15) is 0 Å². The molecule has 1 N–H and O–H groups in total. The summed E-state index contributed by atoms with van der Waals surface area (Å²) in [4.78, 5) is 2.58. The smallest absolute Gasteiger partial charge is 0.0502 e. The molecule has 0 unspecified atom stereocenters. The Morgan fingerprint density at radius 1 is 1.00 bits per heavy atom. The number of benzene rings is 2. The maximum absolute atomic E-state index is 6.02. The van der Waals surface area contributed by atoms with Crippen LogP contribution in [0.15, 0.2) is 65.1 Å². The highest BCUT2D eigenvalue weighted by molar-refractivity contribution is 9.10. The van der Waals surface area contributed by atoms with Gasteiger partial charge in [0, 0.05) is 25.8 Å². The molecule has 0 fully saturated rings. The zero-order chi connectivity index (χ0) is 14.7. The molecular formula is C17H13BrClNS. The summed E-state index contributed by atoms with van der Waals surface area (Å²) in [6.45, 7) is 0.788. The van der Waals surface area contributed by atoms with Crippen molar-refractivity contribution in [2.24, 2.45) is 0 Å². The second kappa shape index (κ2) is 6.65. The van der Waals surface area contributed by atoms with Crippen LogP contribution in [0.25, 0.3) is 10.4 Å². The van der Waals surface area contributed by atoms with Gasteiger partial charge < -0.3 is 5.32 Å². The maximum Gasteiger partial charge on any atom is 0.0502 e. The predicted octanol–water partition coefficient (Wildman–Crippen LogP) is 6.44. The third kappa shape index (κ3) is 3.67. The molecule has 0 atom stereocenters. The van der Waals surface area contributed by atoms with Gasteiger partial charge in [0.2, 0.25) is 0 Å². The molecule has 1 nitrogen and oxygen atoms in total. The van der Waals surface area contributed by atoms with Crippen molar-refractivity contribution >= 4 is 44.6 Å². The largest absolute Gasteiger partial charge is 0.379 e. The van der Waals surface area contributed by atoms with Gasteiger partial charge in [-0.1, -0.05) is 41.9 Å². The SMILES string of the molecule is Clc1ccc(Br)c(NCc2ccc(-c3ccccc3)s2)c1. The van der Waals surface area contributed by atoms with Gasteiger partial charge >= 0.3 is 0 Å². The molecule has 0 aliphatic heterocycles. The average Bonchev–Trinajstić information content (AvgIpc) is 2.98. The van der Waals surface area contributed by atoms with Gasteiger partial charge in [0.15, 0.2) is 0 Å². The van der Waals surface area contributed by atoms with E-state index in [1.807, 2.05) is 24.3 Å². The van der Waals surface area contributed by atoms with Crippen LogP contribution in [0.1, 0.15) is 4.88 Å². The second-order valence-corrected chi connectivity index (χ2v) is 7.07. The summed E-state index contributed by atoms with van der Waals surface area (Å²) in [5.41, 5.74) is 2.27. The van der Waals surface area contributed by atoms with Crippen LogP contribution in [0.2, 0.25) is 5.02 Å². The Hall–Kier alpha value is -1.29. The van der Waals surface area contributed by atoms with Gasteiger partial charge in [0.05, 0.1) is 5.69 Å². The lowest BCUT2D eigenvalue weighted by molar-refractivity contribution is 1.19. The summed E-state index contributed by atoms with van der Waals surface area (Å²) < 4.78 is 1.02. The first-order valence-electron chi connectivity index (χ1n) is 6.55. The zero-order valence-corrected chi connectivity index (χ0v) is 14.3. The van der Waals surface area contributed by atoms with E-state index in [-0.39, 0.29) is 0 Å². The number of rotatable bonds is 4. The highest BCUT2D eigenvalue weighted by Gasteiger charge is 2.04. The van der Waals surface area contributed by atoms with Crippen molar-refractivity contribution in [2.45, 2.75) is 6.54 Å². The van der Waals surface area contributed by atoms with Crippen LogP contribution in [0.5, 0.6) is 0 Å². The van der Waals surface area contributed by atoms with E-state index in [2.05, 4.69) is 57.6 Å². The normalized spacial score (nSPS) is 10.6. The summed E-state index contributed by atoms with van der Waals surface area (Å²) in [5, 5.41) is 4.15. The Labute approximate surface area is 141 Å². The fourth-order valence-corrected chi connectivity index (χ4v) is 3.56. The molecule has 3 rings (SSSR count). The molecule has 0 aliphatic rings. The van der Waals surface area contributed by atoms with Gasteiger partial charge in [0.1, 0.15) is 0 Å². The van der Waals surface area contributed by atoms with Gasteiger partial charge in [-0.15, -0.1) is 11.3 Å². The first kappa shape index (κ1) is 14.6. The van der Waals surface area contributed by atoms with Crippen LogP contribution in [-0.2, 0) is 6.54 Å². The van der Waals surface area contributed by atoms with Crippen LogP contribution < -0.4 is 5.32 Å². The molecule has 0 spiro atoms. The minimum atomic E-state index is 0.733. The van der Waals surface area contributed by atoms with Crippen LogP contribution >= 0.6 is 38.9 Å². The van der Waals surface area contributed by atoms with E-state index in [0.29, 0.717) is 0 Å². The van der Waals surface area contributed by atoms with Gasteiger partial charge in [0.25, 0.3) is 0 Å². The van der Waals surface area contributed by atoms with Crippen molar-refractivity contribution in [3.8, 4) is 10.4 Å². The van der Waals surface area contributed by atoms with E-state index in [0.717, 1.165) is 21.7 Å². The topological polar surface area (TPSA) is 12.0 Å². The Bertz CT molecular complexity index is 740. The van der Waals surface area contributed by atoms with Crippen molar-refractivity contribution in [2.75, 3.05) is 5.32 Å². The fourth-order valence-electron chi connectivity index (χ4n) is 2.05. The number of anilines is 1. The summed E-state index contributed by atoms with van der Waals surface area (Å²) in [7, 11) is 0. The summed E-state index contributed by atoms with van der Waals surface area (Å²) in [6.07, 6.45) is 0. The van der Waals surface area contributed by atoms with Gasteiger partial charge in [-0.3, -0.25) is 0 Å². The summed E-state index contributed by atoms with van der Waals surface area (Å²) in [6, 6.07) is 20.5. The zero-order valence-electron chi connectivity index (χ0n) is 11.1. The first-order chi connectivity index (χ1) is 10.2. The van der Waals surface area contributed by atoms with E-state index in [1.54, 1.807) is 11.3 Å². The van der Waals surface area contributed by atoms with Crippen LogP contribution in [-0.4, -0.2) is 0 Å². The van der Waals surface area contributed by atoms with E-state index in [4.69, 9.17) is 11.6 Å². The molecule has 1 heterocycles. The fraction of sp³-hybridized carbons (Fsp3) is 0.0588. The Morgan fingerprint density at radius 2 is 1.81 bits per heavy atom. The second-order valence-electron chi connectivity index (χ2n) is 4.61. The van der Waals surface area contributed by atoms with Crippen molar-refractivity contribution < 1.29 is 0 Å². The Balaban J connectivity index is 1.72. The number of hydrogen-bond donors (Lipinski definition) is 1. The van der Waals surface area contributed by atoms with E-state index < -0.39 is 0 Å². The molecule has 0 saturated heterocycles. The molecule has 0 saturated carbocycles. The average molecular weight is 379 g/mol. The molecule has 0 bridgehead atoms. The highest BCUT2D eigenvalue weighted by Crippen LogP contribution is 2.30. The lowest BCUT2D eigenvalue weighted by Crippen LogP contribution is -1.97. The first-order valence-corrected chi connectivity index (χ1v) is 8.54. The number of thiophene rings is 1. The van der Waals surface area contributed by atoms with Crippen LogP contribution in [0.4, 0.5) is 5.69 Å². The van der Waals surface area contributed by atoms with E-state index in [1.165, 1.54) is 15.3 Å². The van der Waals surface area contributed by atoms with Crippen molar-refractivity contribution in [3.05, 3.63) is 75.0 Å². The predicted molar refractivity (Wildman–Crippen MR) is 96.2 cm³/mol. The molecule has 0 aliphatic carbocycles. The Kier molecular flexibility index (Phi) is 4.63. The molecule has 3 aromatic rings. The number of halogens is 2. The van der Waals surface area contributed by atoms with Crippen LogP contribution in [0.3, 0.4) is 0 Å².